The van der Waals surface area contributed by atoms with Crippen LogP contribution >= 0.6 is 0 Å². The molecular weight excluding hydrogens is 256 g/mol. The minimum atomic E-state index is -0.296. The van der Waals surface area contributed by atoms with Crippen molar-refractivity contribution >= 4 is 22.6 Å². The van der Waals surface area contributed by atoms with E-state index < -0.39 is 0 Å². The maximum Gasteiger partial charge on any atom is 0.240 e. The summed E-state index contributed by atoms with van der Waals surface area (Å²) >= 11 is 0. The summed E-state index contributed by atoms with van der Waals surface area (Å²) in [6, 6.07) is 5.23. The van der Waals surface area contributed by atoms with E-state index in [0.717, 1.165) is 36.1 Å². The van der Waals surface area contributed by atoms with Crippen molar-refractivity contribution in [3.05, 3.63) is 24.4 Å². The number of carbonyl (C=O) groups is 1. The predicted molar refractivity (Wildman–Crippen MR) is 75.7 cm³/mol. The number of nitrogens with zero attached hydrogens (tertiary/aromatic N) is 3. The first-order valence-corrected chi connectivity index (χ1v) is 6.56. The van der Waals surface area contributed by atoms with Crippen LogP contribution in [0.1, 0.15) is 12.8 Å². The Morgan fingerprint density at radius 2 is 2.30 bits per heavy atom. The van der Waals surface area contributed by atoms with Crippen molar-refractivity contribution in [3.63, 3.8) is 0 Å². The molecule has 2 aromatic heterocycles. The number of rotatable bonds is 3. The number of hydrogen-bond acceptors (Lipinski definition) is 5. The number of anilines is 1. The molecule has 0 spiro atoms. The molecular formula is C14H16N4O2. The van der Waals surface area contributed by atoms with Crippen LogP contribution in [0, 0.1) is 0 Å². The first-order chi connectivity index (χ1) is 9.70. The zero-order valence-corrected chi connectivity index (χ0v) is 11.2. The average molecular weight is 272 g/mol. The van der Waals surface area contributed by atoms with E-state index in [-0.39, 0.29) is 11.9 Å². The number of amides is 1. The van der Waals surface area contributed by atoms with Gasteiger partial charge in [0.1, 0.15) is 11.6 Å². The summed E-state index contributed by atoms with van der Waals surface area (Å²) in [6.07, 6.45) is 3.45. The van der Waals surface area contributed by atoms with Crippen LogP contribution in [-0.4, -0.2) is 35.6 Å². The Bertz CT molecular complexity index is 659. The van der Waals surface area contributed by atoms with Gasteiger partial charge in [0, 0.05) is 18.8 Å². The number of nitrogens with two attached hydrogens (primary N) is 1. The third-order valence-electron chi connectivity index (χ3n) is 3.64. The molecule has 1 saturated heterocycles. The van der Waals surface area contributed by atoms with E-state index >= 15 is 0 Å². The van der Waals surface area contributed by atoms with E-state index in [0.29, 0.717) is 5.88 Å². The van der Waals surface area contributed by atoms with Gasteiger partial charge < -0.3 is 15.4 Å². The summed E-state index contributed by atoms with van der Waals surface area (Å²) in [4.78, 5) is 22.3. The van der Waals surface area contributed by atoms with Crippen molar-refractivity contribution in [3.8, 4) is 5.88 Å². The summed E-state index contributed by atoms with van der Waals surface area (Å²) in [5.41, 5.74) is 7.88. The molecule has 2 aromatic rings. The van der Waals surface area contributed by atoms with Crippen LogP contribution in [0.4, 0.5) is 5.69 Å². The molecule has 0 bridgehead atoms. The molecule has 2 N–H and O–H groups in total. The highest BCUT2D eigenvalue weighted by atomic mass is 16.5. The van der Waals surface area contributed by atoms with Gasteiger partial charge in [-0.05, 0) is 25.0 Å². The number of methoxy groups -OCH3 is 1. The van der Waals surface area contributed by atoms with Gasteiger partial charge in [-0.25, -0.2) is 4.98 Å². The molecule has 104 valence electrons. The molecule has 0 aliphatic carbocycles. The second kappa shape index (κ2) is 4.96. The first-order valence-electron chi connectivity index (χ1n) is 6.56. The van der Waals surface area contributed by atoms with Crippen LogP contribution in [0.3, 0.4) is 0 Å². The molecule has 0 unspecified atom stereocenters. The van der Waals surface area contributed by atoms with E-state index in [1.54, 1.807) is 19.4 Å². The molecule has 6 nitrogen and oxygen atoms in total. The Balaban J connectivity index is 2.13. The highest BCUT2D eigenvalue weighted by molar-refractivity contribution is 5.92. The fourth-order valence-corrected chi connectivity index (χ4v) is 2.69. The lowest BCUT2D eigenvalue weighted by Crippen LogP contribution is -2.40. The lowest BCUT2D eigenvalue weighted by Gasteiger charge is -2.25. The van der Waals surface area contributed by atoms with Crippen LogP contribution in [0.5, 0.6) is 5.88 Å². The highest BCUT2D eigenvalue weighted by Gasteiger charge is 2.30. The normalized spacial score (nSPS) is 18.4. The van der Waals surface area contributed by atoms with Crippen LogP contribution < -0.4 is 15.4 Å². The molecule has 3 heterocycles. The van der Waals surface area contributed by atoms with Gasteiger partial charge in [0.25, 0.3) is 0 Å². The maximum atomic E-state index is 11.6. The minimum Gasteiger partial charge on any atom is -0.481 e. The average Bonchev–Trinajstić information content (AvgIpc) is 2.95. The van der Waals surface area contributed by atoms with Crippen molar-refractivity contribution in [2.75, 3.05) is 18.6 Å². The highest BCUT2D eigenvalue weighted by Crippen LogP contribution is 2.31. The van der Waals surface area contributed by atoms with Gasteiger partial charge in [0.2, 0.25) is 11.8 Å². The summed E-state index contributed by atoms with van der Waals surface area (Å²) in [5.74, 6) is 0.233. The van der Waals surface area contributed by atoms with E-state index in [1.807, 2.05) is 17.0 Å². The molecule has 0 saturated carbocycles. The summed E-state index contributed by atoms with van der Waals surface area (Å²) < 4.78 is 5.17. The third kappa shape index (κ3) is 2.03. The van der Waals surface area contributed by atoms with Crippen LogP contribution in [-0.2, 0) is 4.79 Å². The number of hydrogen-bond donors (Lipinski definition) is 1. The van der Waals surface area contributed by atoms with Crippen molar-refractivity contribution in [2.45, 2.75) is 18.9 Å². The fourth-order valence-electron chi connectivity index (χ4n) is 2.69. The zero-order valence-electron chi connectivity index (χ0n) is 11.2. The third-order valence-corrected chi connectivity index (χ3v) is 3.64. The number of ether oxygens (including phenoxy) is 1. The van der Waals surface area contributed by atoms with E-state index in [9.17, 15) is 4.79 Å². The Kier molecular flexibility index (Phi) is 3.14. The van der Waals surface area contributed by atoms with Gasteiger partial charge >= 0.3 is 0 Å². The number of pyridine rings is 2. The van der Waals surface area contributed by atoms with Crippen LogP contribution in [0.15, 0.2) is 24.4 Å². The van der Waals surface area contributed by atoms with E-state index in [2.05, 4.69) is 9.97 Å². The molecule has 0 aromatic carbocycles. The predicted octanol–water partition coefficient (Wildman–Crippen LogP) is 1.09. The molecule has 1 aliphatic rings. The lowest BCUT2D eigenvalue weighted by molar-refractivity contribution is -0.119. The summed E-state index contributed by atoms with van der Waals surface area (Å²) in [5, 5.41) is 0. The molecule has 1 amide bonds. The van der Waals surface area contributed by atoms with Crippen molar-refractivity contribution < 1.29 is 9.53 Å². The smallest absolute Gasteiger partial charge is 0.240 e. The molecule has 3 rings (SSSR count). The molecule has 1 aliphatic heterocycles. The first kappa shape index (κ1) is 12.7. The molecule has 1 atom stereocenters. The fraction of sp³-hybridized carbons (Fsp3) is 0.357. The quantitative estimate of drug-likeness (QED) is 0.904. The Morgan fingerprint density at radius 3 is 3.05 bits per heavy atom. The number of carbonyl (C=O) groups excluding carboxylic acids is 1. The maximum absolute atomic E-state index is 11.6. The van der Waals surface area contributed by atoms with Gasteiger partial charge in [0.15, 0.2) is 0 Å². The number of fused-ring (bicyclic) bond motifs is 1. The van der Waals surface area contributed by atoms with Crippen molar-refractivity contribution in [1.29, 1.82) is 0 Å². The van der Waals surface area contributed by atoms with Gasteiger partial charge in [0.05, 0.1) is 18.3 Å². The van der Waals surface area contributed by atoms with Crippen molar-refractivity contribution in [2.24, 2.45) is 5.73 Å². The van der Waals surface area contributed by atoms with E-state index in [4.69, 9.17) is 10.5 Å². The zero-order chi connectivity index (χ0) is 14.1. The van der Waals surface area contributed by atoms with Crippen molar-refractivity contribution in [1.82, 2.24) is 9.97 Å². The molecule has 6 heteroatoms. The van der Waals surface area contributed by atoms with Crippen LogP contribution in [0.25, 0.3) is 11.0 Å². The second-order valence-corrected chi connectivity index (χ2v) is 4.81. The Hall–Kier alpha value is -2.37. The topological polar surface area (TPSA) is 81.3 Å². The Morgan fingerprint density at radius 1 is 1.45 bits per heavy atom. The summed E-state index contributed by atoms with van der Waals surface area (Å²) in [6.45, 7) is 0.797. The summed E-state index contributed by atoms with van der Waals surface area (Å²) in [7, 11) is 1.58. The van der Waals surface area contributed by atoms with Gasteiger partial charge in [-0.2, -0.15) is 0 Å². The number of primary amides is 1. The van der Waals surface area contributed by atoms with Gasteiger partial charge in [-0.15, -0.1) is 0 Å². The largest absolute Gasteiger partial charge is 0.481 e. The van der Waals surface area contributed by atoms with E-state index in [1.165, 1.54) is 0 Å². The van der Waals surface area contributed by atoms with Gasteiger partial charge in [-0.3, -0.25) is 9.78 Å². The number of aromatic nitrogens is 2. The molecule has 0 radical (unpaired) electrons. The monoisotopic (exact) mass is 272 g/mol. The second-order valence-electron chi connectivity index (χ2n) is 4.81. The molecule has 1 fully saturated rings. The van der Waals surface area contributed by atoms with Crippen LogP contribution in [0.2, 0.25) is 0 Å². The lowest BCUT2D eigenvalue weighted by atomic mass is 10.2. The Labute approximate surface area is 116 Å². The minimum absolute atomic E-state index is 0.270. The van der Waals surface area contributed by atoms with Gasteiger partial charge in [-0.1, -0.05) is 0 Å². The SMILES string of the molecule is COc1ccc2nccc(N3CCC[C@@H]3C(N)=O)c2n1. The standard InChI is InChI=1S/C14H16N4O2/c1-20-12-5-4-9-13(17-12)10(6-7-16-9)18-8-2-3-11(18)14(15)19/h4-7,11H,2-3,8H2,1H3,(H2,15,19)/t11-/m1/s1. The molecule has 20 heavy (non-hydrogen) atoms.